The van der Waals surface area contributed by atoms with Crippen LogP contribution in [0.5, 0.6) is 0 Å². The van der Waals surface area contributed by atoms with E-state index in [9.17, 15) is 13.2 Å². The van der Waals surface area contributed by atoms with Gasteiger partial charge in [-0.05, 0) is 17.4 Å². The Kier molecular flexibility index (Phi) is 5.16. The molecule has 0 bridgehead atoms. The van der Waals surface area contributed by atoms with Crippen LogP contribution in [-0.2, 0) is 14.6 Å². The Morgan fingerprint density at radius 1 is 1.35 bits per heavy atom. The lowest BCUT2D eigenvalue weighted by Crippen LogP contribution is -2.44. The highest BCUT2D eigenvalue weighted by Gasteiger charge is 2.42. The van der Waals surface area contributed by atoms with Gasteiger partial charge in [0.05, 0.1) is 11.8 Å². The summed E-state index contributed by atoms with van der Waals surface area (Å²) in [4.78, 5) is 14.3. The van der Waals surface area contributed by atoms with Crippen molar-refractivity contribution in [2.75, 3.05) is 25.1 Å². The fraction of sp³-hybridized carbons (Fsp3) is 0.588. The number of amides is 1. The first-order valence-electron chi connectivity index (χ1n) is 7.87. The van der Waals surface area contributed by atoms with Gasteiger partial charge in [-0.3, -0.25) is 4.79 Å². The zero-order valence-electron chi connectivity index (χ0n) is 14.0. The van der Waals surface area contributed by atoms with E-state index in [0.717, 1.165) is 6.26 Å². The molecule has 1 aliphatic rings. The number of sulfone groups is 1. The molecule has 2 atom stereocenters. The second-order valence-electron chi connectivity index (χ2n) is 7.20. The number of nitrogens with zero attached hydrogens (tertiary/aromatic N) is 1. The summed E-state index contributed by atoms with van der Waals surface area (Å²) in [5, 5.41) is 0. The molecule has 5 nitrogen and oxygen atoms in total. The second-order valence-corrected chi connectivity index (χ2v) is 9.46. The zero-order chi connectivity index (χ0) is 17.3. The first-order chi connectivity index (χ1) is 10.6. The third-order valence-corrected chi connectivity index (χ3v) is 5.55. The molecule has 128 valence electrons. The highest BCUT2D eigenvalue weighted by molar-refractivity contribution is 7.90. The summed E-state index contributed by atoms with van der Waals surface area (Å²) in [6, 6.07) is 9.42. The third-order valence-electron chi connectivity index (χ3n) is 4.58. The van der Waals surface area contributed by atoms with Gasteiger partial charge in [0.25, 0.3) is 0 Å². The molecule has 0 unspecified atom stereocenters. The molecule has 0 saturated carbocycles. The van der Waals surface area contributed by atoms with Crippen LogP contribution < -0.4 is 5.73 Å². The summed E-state index contributed by atoms with van der Waals surface area (Å²) in [6.07, 6.45) is 1.33. The molecule has 23 heavy (non-hydrogen) atoms. The van der Waals surface area contributed by atoms with Gasteiger partial charge in [0, 0.05) is 25.3 Å². The van der Waals surface area contributed by atoms with Crippen LogP contribution in [0.2, 0.25) is 0 Å². The molecule has 2 N–H and O–H groups in total. The van der Waals surface area contributed by atoms with E-state index in [1.54, 1.807) is 4.90 Å². The normalized spacial score (nSPS) is 22.1. The quantitative estimate of drug-likeness (QED) is 0.880. The molecule has 1 aromatic rings. The Balaban J connectivity index is 2.06. The molecule has 2 rings (SSSR count). The van der Waals surface area contributed by atoms with E-state index >= 15 is 0 Å². The van der Waals surface area contributed by atoms with Gasteiger partial charge in [0.2, 0.25) is 5.91 Å². The topological polar surface area (TPSA) is 80.5 Å². The number of carbonyl (C=O) groups is 1. The van der Waals surface area contributed by atoms with Crippen LogP contribution in [0.4, 0.5) is 0 Å². The second kappa shape index (κ2) is 6.61. The van der Waals surface area contributed by atoms with E-state index in [4.69, 9.17) is 5.73 Å². The van der Waals surface area contributed by atoms with Gasteiger partial charge in [0.15, 0.2) is 0 Å². The molecule has 1 aromatic carbocycles. The summed E-state index contributed by atoms with van der Waals surface area (Å²) >= 11 is 0. The Morgan fingerprint density at radius 3 is 2.52 bits per heavy atom. The first kappa shape index (κ1) is 17.9. The van der Waals surface area contributed by atoms with Gasteiger partial charge >= 0.3 is 0 Å². The van der Waals surface area contributed by atoms with Crippen LogP contribution in [0.15, 0.2) is 30.3 Å². The van der Waals surface area contributed by atoms with Crippen molar-refractivity contribution in [3.8, 4) is 0 Å². The summed E-state index contributed by atoms with van der Waals surface area (Å²) in [5.41, 5.74) is 7.11. The van der Waals surface area contributed by atoms with E-state index < -0.39 is 15.9 Å². The Labute approximate surface area is 138 Å². The van der Waals surface area contributed by atoms with Crippen molar-refractivity contribution >= 4 is 15.7 Å². The molecule has 1 aliphatic heterocycles. The first-order valence-corrected chi connectivity index (χ1v) is 9.93. The van der Waals surface area contributed by atoms with Crippen LogP contribution in [0.1, 0.15) is 31.7 Å². The van der Waals surface area contributed by atoms with Gasteiger partial charge < -0.3 is 10.6 Å². The smallest absolute Gasteiger partial charge is 0.239 e. The monoisotopic (exact) mass is 338 g/mol. The van der Waals surface area contributed by atoms with Crippen molar-refractivity contribution in [1.82, 2.24) is 4.90 Å². The summed E-state index contributed by atoms with van der Waals surface area (Å²) in [5.74, 6) is 0.0501. The molecule has 1 heterocycles. The van der Waals surface area contributed by atoms with Crippen molar-refractivity contribution < 1.29 is 13.2 Å². The van der Waals surface area contributed by atoms with Crippen LogP contribution in [-0.4, -0.2) is 50.4 Å². The Bertz CT molecular complexity index is 656. The maximum absolute atomic E-state index is 12.5. The molecule has 6 heteroatoms. The lowest BCUT2D eigenvalue weighted by atomic mass is 9.78. The SMILES string of the molecule is CC1(C)CN(C(=O)[C@@H](N)CCS(C)(=O)=O)C[C@H]1c1ccccc1. The minimum atomic E-state index is -3.10. The summed E-state index contributed by atoms with van der Waals surface area (Å²) in [6.45, 7) is 5.57. The van der Waals surface area contributed by atoms with Crippen molar-refractivity contribution in [3.05, 3.63) is 35.9 Å². The summed E-state index contributed by atoms with van der Waals surface area (Å²) in [7, 11) is -3.10. The standard InChI is InChI=1S/C17H26N2O3S/c1-17(2)12-19(11-14(17)13-7-5-4-6-8-13)16(20)15(18)9-10-23(3,21)22/h4-8,14-15H,9-12,18H2,1-3H3/t14-,15-/m0/s1. The number of rotatable bonds is 5. The molecular weight excluding hydrogens is 312 g/mol. The van der Waals surface area contributed by atoms with Gasteiger partial charge in [-0.15, -0.1) is 0 Å². The number of benzene rings is 1. The molecule has 0 aromatic heterocycles. The van der Waals surface area contributed by atoms with Crippen molar-refractivity contribution in [1.29, 1.82) is 0 Å². The van der Waals surface area contributed by atoms with Crippen LogP contribution in [0.3, 0.4) is 0 Å². The van der Waals surface area contributed by atoms with E-state index in [1.165, 1.54) is 5.56 Å². The van der Waals surface area contributed by atoms with Crippen LogP contribution >= 0.6 is 0 Å². The maximum Gasteiger partial charge on any atom is 0.239 e. The molecule has 1 fully saturated rings. The lowest BCUT2D eigenvalue weighted by molar-refractivity contribution is -0.131. The lowest BCUT2D eigenvalue weighted by Gasteiger charge is -2.25. The molecule has 0 aliphatic carbocycles. The minimum absolute atomic E-state index is 0.0342. The van der Waals surface area contributed by atoms with Gasteiger partial charge in [-0.2, -0.15) is 0 Å². The predicted octanol–water partition coefficient (Wildman–Crippen LogP) is 1.40. The Morgan fingerprint density at radius 2 is 1.96 bits per heavy atom. The zero-order valence-corrected chi connectivity index (χ0v) is 14.8. The molecule has 1 saturated heterocycles. The van der Waals surface area contributed by atoms with Crippen LogP contribution in [0.25, 0.3) is 0 Å². The minimum Gasteiger partial charge on any atom is -0.340 e. The van der Waals surface area contributed by atoms with E-state index in [-0.39, 0.29) is 29.4 Å². The van der Waals surface area contributed by atoms with Crippen molar-refractivity contribution in [2.45, 2.75) is 32.2 Å². The molecular formula is C17H26N2O3S. The molecule has 0 radical (unpaired) electrons. The highest BCUT2D eigenvalue weighted by Crippen LogP contribution is 2.42. The van der Waals surface area contributed by atoms with Gasteiger partial charge in [0.1, 0.15) is 9.84 Å². The van der Waals surface area contributed by atoms with Crippen LogP contribution in [0, 0.1) is 5.41 Å². The number of carbonyl (C=O) groups excluding carboxylic acids is 1. The van der Waals surface area contributed by atoms with E-state index in [0.29, 0.717) is 13.1 Å². The largest absolute Gasteiger partial charge is 0.340 e. The Hall–Kier alpha value is -1.40. The van der Waals surface area contributed by atoms with Gasteiger partial charge in [-0.1, -0.05) is 44.2 Å². The predicted molar refractivity (Wildman–Crippen MR) is 91.8 cm³/mol. The van der Waals surface area contributed by atoms with E-state index in [2.05, 4.69) is 26.0 Å². The fourth-order valence-electron chi connectivity index (χ4n) is 3.24. The number of nitrogens with two attached hydrogens (primary N) is 1. The highest BCUT2D eigenvalue weighted by atomic mass is 32.2. The summed E-state index contributed by atoms with van der Waals surface area (Å²) < 4.78 is 22.5. The average Bonchev–Trinajstić information content (AvgIpc) is 2.79. The number of hydrogen-bond acceptors (Lipinski definition) is 4. The van der Waals surface area contributed by atoms with Crippen molar-refractivity contribution in [3.63, 3.8) is 0 Å². The van der Waals surface area contributed by atoms with Gasteiger partial charge in [-0.25, -0.2) is 8.42 Å². The van der Waals surface area contributed by atoms with Crippen molar-refractivity contribution in [2.24, 2.45) is 11.1 Å². The molecule has 0 spiro atoms. The average molecular weight is 338 g/mol. The number of likely N-dealkylation sites (tertiary alicyclic amines) is 1. The number of hydrogen-bond donors (Lipinski definition) is 1. The maximum atomic E-state index is 12.5. The molecule has 1 amide bonds. The fourth-order valence-corrected chi connectivity index (χ4v) is 3.93. The third kappa shape index (κ3) is 4.54. The van der Waals surface area contributed by atoms with E-state index in [1.807, 2.05) is 18.2 Å².